The number of unbranched alkanes of at least 4 members (excludes halogenated alkanes) is 3. The van der Waals surface area contributed by atoms with Gasteiger partial charge in [-0.25, -0.2) is 0 Å². The molecule has 0 aromatic heterocycles. The summed E-state index contributed by atoms with van der Waals surface area (Å²) in [7, 11) is 0. The minimum absolute atomic E-state index is 0.286. The summed E-state index contributed by atoms with van der Waals surface area (Å²) < 4.78 is 4.98. The molecule has 0 spiro atoms. The molecular formula is C14H27NO3. The molecule has 0 aliphatic carbocycles. The molecule has 0 aromatic rings. The van der Waals surface area contributed by atoms with Crippen molar-refractivity contribution in [2.45, 2.75) is 65.7 Å². The van der Waals surface area contributed by atoms with Crippen molar-refractivity contribution in [3.63, 3.8) is 0 Å². The summed E-state index contributed by atoms with van der Waals surface area (Å²) in [6, 6.07) is 0. The first kappa shape index (κ1) is 16.9. The van der Waals surface area contributed by atoms with Gasteiger partial charge in [0, 0.05) is 0 Å². The van der Waals surface area contributed by atoms with Gasteiger partial charge in [0.15, 0.2) is 6.61 Å². The van der Waals surface area contributed by atoms with Crippen molar-refractivity contribution in [3.8, 4) is 0 Å². The Labute approximate surface area is 110 Å². The molecule has 1 unspecified atom stereocenters. The quantitative estimate of drug-likeness (QED) is 0.483. The van der Waals surface area contributed by atoms with Gasteiger partial charge in [-0.1, -0.05) is 46.0 Å². The Morgan fingerprint density at radius 2 is 1.61 bits per heavy atom. The van der Waals surface area contributed by atoms with E-state index in [2.05, 4.69) is 13.8 Å². The highest BCUT2D eigenvalue weighted by Gasteiger charge is 2.33. The van der Waals surface area contributed by atoms with Crippen LogP contribution in [-0.2, 0) is 14.3 Å². The predicted molar refractivity (Wildman–Crippen MR) is 71.9 cm³/mol. The second-order valence-corrected chi connectivity index (χ2v) is 5.16. The molecule has 0 aromatic carbocycles. The molecule has 1 atom stereocenters. The number of hydrogen-bond acceptors (Lipinski definition) is 3. The van der Waals surface area contributed by atoms with Crippen LogP contribution < -0.4 is 5.73 Å². The fraction of sp³-hybridized carbons (Fsp3) is 0.857. The number of carbonyl (C=O) groups is 2. The lowest BCUT2D eigenvalue weighted by Crippen LogP contribution is -2.33. The summed E-state index contributed by atoms with van der Waals surface area (Å²) in [5, 5.41) is 0. The zero-order valence-corrected chi connectivity index (χ0v) is 12.0. The number of rotatable bonds is 10. The van der Waals surface area contributed by atoms with Gasteiger partial charge < -0.3 is 10.5 Å². The molecule has 106 valence electrons. The maximum absolute atomic E-state index is 12.0. The molecule has 0 saturated heterocycles. The van der Waals surface area contributed by atoms with E-state index in [-0.39, 0.29) is 12.6 Å². The molecule has 1 amide bonds. The van der Waals surface area contributed by atoms with Crippen LogP contribution in [0.3, 0.4) is 0 Å². The van der Waals surface area contributed by atoms with E-state index in [9.17, 15) is 9.59 Å². The molecule has 4 nitrogen and oxygen atoms in total. The molecule has 4 heteroatoms. The van der Waals surface area contributed by atoms with Crippen LogP contribution in [0.2, 0.25) is 0 Å². The second kappa shape index (κ2) is 8.95. The normalized spacial score (nSPS) is 13.9. The summed E-state index contributed by atoms with van der Waals surface area (Å²) in [6.07, 6.45) is 6.93. The molecule has 0 aliphatic rings. The third-order valence-corrected chi connectivity index (χ3v) is 3.25. The van der Waals surface area contributed by atoms with Gasteiger partial charge in [-0.15, -0.1) is 0 Å². The molecular weight excluding hydrogens is 230 g/mol. The average Bonchev–Trinajstić information content (AvgIpc) is 2.33. The van der Waals surface area contributed by atoms with Gasteiger partial charge in [-0.3, -0.25) is 9.59 Å². The summed E-state index contributed by atoms with van der Waals surface area (Å²) in [5.41, 5.74) is 4.52. The number of amides is 1. The van der Waals surface area contributed by atoms with E-state index in [4.69, 9.17) is 10.5 Å². The van der Waals surface area contributed by atoms with E-state index in [1.54, 1.807) is 0 Å². The topological polar surface area (TPSA) is 69.4 Å². The van der Waals surface area contributed by atoms with Crippen LogP contribution >= 0.6 is 0 Å². The van der Waals surface area contributed by atoms with Crippen molar-refractivity contribution >= 4 is 11.9 Å². The second-order valence-electron chi connectivity index (χ2n) is 5.16. The summed E-state index contributed by atoms with van der Waals surface area (Å²) >= 11 is 0. The average molecular weight is 257 g/mol. The molecule has 0 saturated carbocycles. The minimum atomic E-state index is -0.602. The van der Waals surface area contributed by atoms with Crippen LogP contribution in [0, 0.1) is 5.41 Å². The SMILES string of the molecule is CCCCCC(C)(CCCC)C(=O)OCC(N)=O. The first-order valence-electron chi connectivity index (χ1n) is 6.91. The van der Waals surface area contributed by atoms with Gasteiger partial charge in [-0.2, -0.15) is 0 Å². The fourth-order valence-electron chi connectivity index (χ4n) is 1.97. The van der Waals surface area contributed by atoms with Crippen LogP contribution in [0.5, 0.6) is 0 Å². The van der Waals surface area contributed by atoms with Crippen LogP contribution in [0.4, 0.5) is 0 Å². The van der Waals surface area contributed by atoms with Crippen LogP contribution in [0.15, 0.2) is 0 Å². The Morgan fingerprint density at radius 1 is 1.06 bits per heavy atom. The lowest BCUT2D eigenvalue weighted by molar-refractivity contribution is -0.158. The van der Waals surface area contributed by atoms with E-state index in [0.29, 0.717) is 0 Å². The number of hydrogen-bond donors (Lipinski definition) is 1. The standard InChI is InChI=1S/C14H27NO3/c1-4-6-8-10-14(3,9-7-5-2)13(17)18-11-12(15)16/h4-11H2,1-3H3,(H2,15,16). The highest BCUT2D eigenvalue weighted by atomic mass is 16.5. The van der Waals surface area contributed by atoms with E-state index < -0.39 is 11.3 Å². The predicted octanol–water partition coefficient (Wildman–Crippen LogP) is 2.79. The minimum Gasteiger partial charge on any atom is -0.455 e. The van der Waals surface area contributed by atoms with Crippen molar-refractivity contribution in [2.75, 3.05) is 6.61 Å². The lowest BCUT2D eigenvalue weighted by Gasteiger charge is -2.27. The van der Waals surface area contributed by atoms with Crippen LogP contribution in [-0.4, -0.2) is 18.5 Å². The third-order valence-electron chi connectivity index (χ3n) is 3.25. The van der Waals surface area contributed by atoms with Crippen molar-refractivity contribution in [3.05, 3.63) is 0 Å². The Hall–Kier alpha value is -1.06. The largest absolute Gasteiger partial charge is 0.455 e. The van der Waals surface area contributed by atoms with Gasteiger partial charge in [-0.05, 0) is 19.8 Å². The summed E-state index contributed by atoms with van der Waals surface area (Å²) in [6.45, 7) is 5.85. The van der Waals surface area contributed by atoms with Gasteiger partial charge in [0.25, 0.3) is 5.91 Å². The van der Waals surface area contributed by atoms with E-state index >= 15 is 0 Å². The first-order chi connectivity index (χ1) is 8.46. The molecule has 0 radical (unpaired) electrons. The number of ether oxygens (including phenoxy) is 1. The number of carbonyl (C=O) groups excluding carboxylic acids is 2. The summed E-state index contributed by atoms with van der Waals surface area (Å²) in [4.78, 5) is 22.7. The van der Waals surface area contributed by atoms with Crippen LogP contribution in [0.25, 0.3) is 0 Å². The smallest absolute Gasteiger partial charge is 0.312 e. The Balaban J connectivity index is 4.41. The maximum Gasteiger partial charge on any atom is 0.312 e. The van der Waals surface area contributed by atoms with E-state index in [1.165, 1.54) is 0 Å². The van der Waals surface area contributed by atoms with Gasteiger partial charge in [0.05, 0.1) is 5.41 Å². The van der Waals surface area contributed by atoms with Gasteiger partial charge in [0.1, 0.15) is 0 Å². The lowest BCUT2D eigenvalue weighted by atomic mass is 9.80. The van der Waals surface area contributed by atoms with E-state index in [0.717, 1.165) is 44.9 Å². The molecule has 0 bridgehead atoms. The van der Waals surface area contributed by atoms with Crippen LogP contribution in [0.1, 0.15) is 65.7 Å². The monoisotopic (exact) mass is 257 g/mol. The molecule has 0 fully saturated rings. The van der Waals surface area contributed by atoms with Crippen molar-refractivity contribution < 1.29 is 14.3 Å². The highest BCUT2D eigenvalue weighted by molar-refractivity contribution is 5.81. The van der Waals surface area contributed by atoms with Gasteiger partial charge >= 0.3 is 5.97 Å². The Morgan fingerprint density at radius 3 is 2.11 bits per heavy atom. The molecule has 2 N–H and O–H groups in total. The van der Waals surface area contributed by atoms with Crippen molar-refractivity contribution in [2.24, 2.45) is 11.1 Å². The number of nitrogens with two attached hydrogens (primary N) is 1. The molecule has 0 rings (SSSR count). The molecule has 0 heterocycles. The molecule has 0 aliphatic heterocycles. The van der Waals surface area contributed by atoms with Crippen molar-refractivity contribution in [1.82, 2.24) is 0 Å². The Kier molecular flexibility index (Phi) is 8.42. The van der Waals surface area contributed by atoms with Gasteiger partial charge in [0.2, 0.25) is 0 Å². The van der Waals surface area contributed by atoms with Crippen molar-refractivity contribution in [1.29, 1.82) is 0 Å². The maximum atomic E-state index is 12.0. The zero-order chi connectivity index (χ0) is 14.0. The molecule has 18 heavy (non-hydrogen) atoms. The first-order valence-corrected chi connectivity index (χ1v) is 6.91. The zero-order valence-electron chi connectivity index (χ0n) is 12.0. The number of primary amides is 1. The third kappa shape index (κ3) is 6.62. The number of esters is 1. The summed E-state index contributed by atoms with van der Waals surface area (Å²) in [5.74, 6) is -0.888. The van der Waals surface area contributed by atoms with E-state index in [1.807, 2.05) is 6.92 Å². The highest BCUT2D eigenvalue weighted by Crippen LogP contribution is 2.32. The fourth-order valence-corrected chi connectivity index (χ4v) is 1.97. The Bertz CT molecular complexity index is 266.